The molecule has 3 nitrogen and oxygen atoms in total. The summed E-state index contributed by atoms with van der Waals surface area (Å²) in [5, 5.41) is 0. The Labute approximate surface area is 159 Å². The van der Waals surface area contributed by atoms with Crippen LogP contribution in [0.4, 0.5) is 0 Å². The molecule has 0 unspecified atom stereocenters. The lowest BCUT2D eigenvalue weighted by Gasteiger charge is -2.59. The lowest BCUT2D eigenvalue weighted by atomic mass is 9.47. The highest BCUT2D eigenvalue weighted by atomic mass is 16.5. The largest absolute Gasteiger partial charge is 0.461 e. The maximum atomic E-state index is 11.4. The Morgan fingerprint density at radius 1 is 1.27 bits per heavy atom. The van der Waals surface area contributed by atoms with Gasteiger partial charge in [0.05, 0.1) is 0 Å². The van der Waals surface area contributed by atoms with Crippen molar-refractivity contribution >= 4 is 5.97 Å². The van der Waals surface area contributed by atoms with Crippen LogP contribution in [-0.4, -0.2) is 18.1 Å². The lowest BCUT2D eigenvalue weighted by molar-refractivity contribution is -0.150. The van der Waals surface area contributed by atoms with Gasteiger partial charge in [-0.25, -0.2) is 0 Å². The molecule has 0 saturated heterocycles. The third-order valence-corrected chi connectivity index (χ3v) is 9.19. The van der Waals surface area contributed by atoms with Gasteiger partial charge in [-0.2, -0.15) is 0 Å². The third-order valence-electron chi connectivity index (χ3n) is 9.19. The van der Waals surface area contributed by atoms with E-state index in [-0.39, 0.29) is 23.5 Å². The molecule has 4 rings (SSSR count). The number of carbonyl (C=O) groups is 1. The van der Waals surface area contributed by atoms with Crippen LogP contribution in [-0.2, 0) is 9.53 Å². The molecule has 8 atom stereocenters. The number of rotatable bonds is 2. The summed E-state index contributed by atoms with van der Waals surface area (Å²) in [4.78, 5) is 11.4. The van der Waals surface area contributed by atoms with Gasteiger partial charge in [0, 0.05) is 19.4 Å². The summed E-state index contributed by atoms with van der Waals surface area (Å²) < 4.78 is 5.54. The fourth-order valence-electron chi connectivity index (χ4n) is 7.87. The van der Waals surface area contributed by atoms with E-state index in [0.717, 1.165) is 36.5 Å². The molecule has 146 valence electrons. The quantitative estimate of drug-likeness (QED) is 0.567. The molecule has 0 aromatic heterocycles. The molecule has 3 heteroatoms. The molecule has 2 N–H and O–H groups in total. The highest BCUT2D eigenvalue weighted by Gasteiger charge is 2.59. The van der Waals surface area contributed by atoms with Crippen LogP contribution >= 0.6 is 0 Å². The van der Waals surface area contributed by atoms with E-state index in [0.29, 0.717) is 5.41 Å². The standard InChI is InChI=1S/C23H37NO2/c1-5-15-7-9-18-17-8-6-16-12-21(26-14(2)25)20(24)13-23(16,4)19(17)10-11-22(15,18)3/h6,15,17-21H,5,7-13,24H2,1-4H3/t15-,17+,18-,19+,20-,21-,22+,23+/m0/s1. The number of allylic oxidation sites excluding steroid dienone is 1. The monoisotopic (exact) mass is 359 g/mol. The first-order valence-corrected chi connectivity index (χ1v) is 10.9. The van der Waals surface area contributed by atoms with E-state index >= 15 is 0 Å². The zero-order chi connectivity index (χ0) is 18.7. The number of nitrogens with two attached hydrogens (primary N) is 1. The summed E-state index contributed by atoms with van der Waals surface area (Å²) in [6.45, 7) is 8.95. The number of ether oxygens (including phenoxy) is 1. The molecular weight excluding hydrogens is 322 g/mol. The molecular formula is C23H37NO2. The first-order valence-electron chi connectivity index (χ1n) is 10.9. The number of fused-ring (bicyclic) bond motifs is 5. The molecule has 3 saturated carbocycles. The Hall–Kier alpha value is -0.830. The maximum Gasteiger partial charge on any atom is 0.302 e. The van der Waals surface area contributed by atoms with E-state index in [1.54, 1.807) is 0 Å². The summed E-state index contributed by atoms with van der Waals surface area (Å²) in [7, 11) is 0. The van der Waals surface area contributed by atoms with Gasteiger partial charge in [-0.05, 0) is 73.0 Å². The van der Waals surface area contributed by atoms with Crippen molar-refractivity contribution in [1.82, 2.24) is 0 Å². The maximum absolute atomic E-state index is 11.4. The fraction of sp³-hybridized carbons (Fsp3) is 0.870. The number of hydrogen-bond donors (Lipinski definition) is 1. The van der Waals surface area contributed by atoms with E-state index < -0.39 is 0 Å². The molecule has 4 aliphatic carbocycles. The van der Waals surface area contributed by atoms with Crippen LogP contribution in [0.25, 0.3) is 0 Å². The normalized spacial score (nSPS) is 50.3. The molecule has 0 aliphatic heterocycles. The van der Waals surface area contributed by atoms with Crippen LogP contribution in [0.15, 0.2) is 11.6 Å². The Bertz CT molecular complexity index is 613. The highest BCUT2D eigenvalue weighted by Crippen LogP contribution is 2.66. The van der Waals surface area contributed by atoms with Crippen LogP contribution in [0.1, 0.15) is 79.1 Å². The minimum Gasteiger partial charge on any atom is -0.461 e. The zero-order valence-corrected chi connectivity index (χ0v) is 17.1. The van der Waals surface area contributed by atoms with Crippen molar-refractivity contribution in [2.75, 3.05) is 0 Å². The molecule has 0 radical (unpaired) electrons. The topological polar surface area (TPSA) is 52.3 Å². The molecule has 0 aromatic carbocycles. The molecule has 0 heterocycles. The molecule has 4 aliphatic rings. The van der Waals surface area contributed by atoms with Crippen LogP contribution in [0.2, 0.25) is 0 Å². The van der Waals surface area contributed by atoms with Crippen LogP contribution in [0.5, 0.6) is 0 Å². The van der Waals surface area contributed by atoms with Crippen molar-refractivity contribution in [3.05, 3.63) is 11.6 Å². The van der Waals surface area contributed by atoms with Crippen molar-refractivity contribution < 1.29 is 9.53 Å². The predicted molar refractivity (Wildman–Crippen MR) is 104 cm³/mol. The van der Waals surface area contributed by atoms with Crippen molar-refractivity contribution in [3.63, 3.8) is 0 Å². The van der Waals surface area contributed by atoms with Crippen molar-refractivity contribution in [2.24, 2.45) is 40.2 Å². The summed E-state index contributed by atoms with van der Waals surface area (Å²) in [5.41, 5.74) is 8.82. The second kappa shape index (κ2) is 6.36. The predicted octanol–water partition coefficient (Wildman–Crippen LogP) is 4.84. The van der Waals surface area contributed by atoms with Gasteiger partial charge >= 0.3 is 5.97 Å². The molecule has 3 fully saturated rings. The summed E-state index contributed by atoms with van der Waals surface area (Å²) in [6, 6.07) is -0.0277. The van der Waals surface area contributed by atoms with E-state index in [1.165, 1.54) is 51.0 Å². The molecule has 0 spiro atoms. The molecule has 0 amide bonds. The van der Waals surface area contributed by atoms with Gasteiger partial charge in [0.15, 0.2) is 0 Å². The lowest BCUT2D eigenvalue weighted by Crippen LogP contribution is -2.55. The highest BCUT2D eigenvalue weighted by molar-refractivity contribution is 5.66. The first-order chi connectivity index (χ1) is 12.3. The Balaban J connectivity index is 1.61. The first kappa shape index (κ1) is 18.5. The molecule has 0 aromatic rings. The number of esters is 1. The van der Waals surface area contributed by atoms with Gasteiger partial charge in [0.1, 0.15) is 6.10 Å². The zero-order valence-electron chi connectivity index (χ0n) is 17.1. The van der Waals surface area contributed by atoms with Gasteiger partial charge in [0.2, 0.25) is 0 Å². The summed E-state index contributed by atoms with van der Waals surface area (Å²) in [5.74, 6) is 3.21. The number of hydrogen-bond acceptors (Lipinski definition) is 3. The minimum absolute atomic E-state index is 0.0277. The smallest absolute Gasteiger partial charge is 0.302 e. The average Bonchev–Trinajstić information content (AvgIpc) is 2.91. The second-order valence-electron chi connectivity index (χ2n) is 10.2. The molecule has 26 heavy (non-hydrogen) atoms. The Morgan fingerprint density at radius 2 is 2.04 bits per heavy atom. The van der Waals surface area contributed by atoms with Gasteiger partial charge in [-0.1, -0.05) is 38.8 Å². The van der Waals surface area contributed by atoms with Gasteiger partial charge in [-0.15, -0.1) is 0 Å². The fourth-order valence-corrected chi connectivity index (χ4v) is 7.87. The van der Waals surface area contributed by atoms with Gasteiger partial charge < -0.3 is 10.5 Å². The Morgan fingerprint density at radius 3 is 2.73 bits per heavy atom. The van der Waals surface area contributed by atoms with Crippen molar-refractivity contribution in [3.8, 4) is 0 Å². The van der Waals surface area contributed by atoms with Crippen LogP contribution < -0.4 is 5.73 Å². The average molecular weight is 360 g/mol. The second-order valence-corrected chi connectivity index (χ2v) is 10.2. The van der Waals surface area contributed by atoms with E-state index in [4.69, 9.17) is 10.5 Å². The third kappa shape index (κ3) is 2.60. The van der Waals surface area contributed by atoms with Crippen molar-refractivity contribution in [2.45, 2.75) is 91.2 Å². The van der Waals surface area contributed by atoms with Crippen LogP contribution in [0.3, 0.4) is 0 Å². The van der Waals surface area contributed by atoms with E-state index in [9.17, 15) is 4.79 Å². The molecule has 0 bridgehead atoms. The minimum atomic E-state index is -0.201. The van der Waals surface area contributed by atoms with Crippen molar-refractivity contribution in [1.29, 1.82) is 0 Å². The van der Waals surface area contributed by atoms with E-state index in [2.05, 4.69) is 26.8 Å². The Kier molecular flexibility index (Phi) is 4.53. The van der Waals surface area contributed by atoms with Gasteiger partial charge in [-0.3, -0.25) is 4.79 Å². The van der Waals surface area contributed by atoms with Crippen LogP contribution in [0, 0.1) is 34.5 Å². The summed E-state index contributed by atoms with van der Waals surface area (Å²) >= 11 is 0. The van der Waals surface area contributed by atoms with Gasteiger partial charge in [0.25, 0.3) is 0 Å². The number of carbonyl (C=O) groups excluding carboxylic acids is 1. The summed E-state index contributed by atoms with van der Waals surface area (Å²) in [6.07, 6.45) is 12.4. The SMILES string of the molecule is CC[C@H]1CC[C@H]2[C@H]3CC=C4C[C@H](OC(C)=O)[C@@H](N)C[C@@]4(C)[C@@H]3CC[C@]12C. The van der Waals surface area contributed by atoms with E-state index in [1.807, 2.05) is 0 Å².